The monoisotopic (exact) mass is 251 g/mol. The highest BCUT2D eigenvalue weighted by molar-refractivity contribution is 5.40. The van der Waals surface area contributed by atoms with Crippen LogP contribution < -0.4 is 10.5 Å². The van der Waals surface area contributed by atoms with E-state index in [0.29, 0.717) is 25.7 Å². The summed E-state index contributed by atoms with van der Waals surface area (Å²) in [6, 6.07) is 6.18. The molecular formula is C15H25NO2. The lowest BCUT2D eigenvalue weighted by Gasteiger charge is -2.14. The van der Waals surface area contributed by atoms with Crippen molar-refractivity contribution in [1.82, 2.24) is 0 Å². The minimum atomic E-state index is 0.566. The molecule has 0 fully saturated rings. The third kappa shape index (κ3) is 5.07. The molecule has 0 aliphatic heterocycles. The Morgan fingerprint density at radius 3 is 2.67 bits per heavy atom. The highest BCUT2D eigenvalue weighted by Gasteiger charge is 2.06. The summed E-state index contributed by atoms with van der Waals surface area (Å²) in [6.07, 6.45) is 0.851. The molecule has 18 heavy (non-hydrogen) atoms. The molecule has 1 aromatic carbocycles. The molecule has 0 amide bonds. The van der Waals surface area contributed by atoms with Crippen LogP contribution in [0.3, 0.4) is 0 Å². The molecule has 0 aromatic heterocycles. The van der Waals surface area contributed by atoms with Gasteiger partial charge < -0.3 is 15.2 Å². The van der Waals surface area contributed by atoms with E-state index in [2.05, 4.69) is 32.9 Å². The number of benzene rings is 1. The van der Waals surface area contributed by atoms with Gasteiger partial charge in [0.2, 0.25) is 0 Å². The van der Waals surface area contributed by atoms with Crippen LogP contribution in [0.5, 0.6) is 5.75 Å². The molecule has 0 aliphatic rings. The largest absolute Gasteiger partial charge is 0.491 e. The Bertz CT molecular complexity index is 350. The van der Waals surface area contributed by atoms with E-state index in [0.717, 1.165) is 24.3 Å². The minimum absolute atomic E-state index is 0.566. The fourth-order valence-corrected chi connectivity index (χ4v) is 1.79. The average molecular weight is 251 g/mol. The number of ether oxygens (including phenoxy) is 2. The van der Waals surface area contributed by atoms with Gasteiger partial charge in [0, 0.05) is 6.61 Å². The molecule has 0 radical (unpaired) electrons. The molecule has 3 heteroatoms. The van der Waals surface area contributed by atoms with Crippen molar-refractivity contribution in [3.63, 3.8) is 0 Å². The Morgan fingerprint density at radius 1 is 1.22 bits per heavy atom. The lowest BCUT2D eigenvalue weighted by molar-refractivity contribution is 0.0814. The molecule has 0 atom stereocenters. The highest BCUT2D eigenvalue weighted by atomic mass is 16.5. The molecular weight excluding hydrogens is 226 g/mol. The number of hydrogen-bond acceptors (Lipinski definition) is 3. The van der Waals surface area contributed by atoms with E-state index in [-0.39, 0.29) is 0 Å². The number of nitrogens with two attached hydrogens (primary N) is 1. The van der Waals surface area contributed by atoms with Crippen LogP contribution in [0.15, 0.2) is 18.2 Å². The number of hydrogen-bond donors (Lipinski definition) is 1. The first-order valence-electron chi connectivity index (χ1n) is 6.64. The predicted molar refractivity (Wildman–Crippen MR) is 75.1 cm³/mol. The lowest BCUT2D eigenvalue weighted by atomic mass is 10.1. The van der Waals surface area contributed by atoms with Crippen LogP contribution in [0.1, 0.15) is 25.0 Å². The molecule has 0 unspecified atom stereocenters. The molecule has 1 rings (SSSR count). The molecule has 102 valence electrons. The van der Waals surface area contributed by atoms with Gasteiger partial charge in [-0.25, -0.2) is 0 Å². The normalized spacial score (nSPS) is 10.9. The summed E-state index contributed by atoms with van der Waals surface area (Å²) in [5.41, 5.74) is 7.95. The van der Waals surface area contributed by atoms with Gasteiger partial charge in [0.05, 0.1) is 6.61 Å². The van der Waals surface area contributed by atoms with Gasteiger partial charge in [-0.15, -0.1) is 0 Å². The van der Waals surface area contributed by atoms with Crippen molar-refractivity contribution in [2.75, 3.05) is 26.4 Å². The van der Waals surface area contributed by atoms with Crippen LogP contribution in [0.2, 0.25) is 0 Å². The molecule has 1 aromatic rings. The lowest BCUT2D eigenvalue weighted by Crippen LogP contribution is -2.12. The van der Waals surface area contributed by atoms with Gasteiger partial charge in [0.1, 0.15) is 12.4 Å². The summed E-state index contributed by atoms with van der Waals surface area (Å²) in [6.45, 7) is 8.99. The summed E-state index contributed by atoms with van der Waals surface area (Å²) < 4.78 is 11.3. The van der Waals surface area contributed by atoms with E-state index in [1.165, 1.54) is 5.56 Å². The first-order chi connectivity index (χ1) is 8.65. The number of aryl methyl sites for hydroxylation is 1. The Hall–Kier alpha value is -1.06. The molecule has 0 saturated carbocycles. The van der Waals surface area contributed by atoms with Gasteiger partial charge in [0.15, 0.2) is 0 Å². The minimum Gasteiger partial charge on any atom is -0.491 e. The summed E-state index contributed by atoms with van der Waals surface area (Å²) in [4.78, 5) is 0. The topological polar surface area (TPSA) is 44.5 Å². The average Bonchev–Trinajstić information content (AvgIpc) is 2.32. The third-order valence-electron chi connectivity index (χ3n) is 2.63. The maximum absolute atomic E-state index is 5.82. The van der Waals surface area contributed by atoms with Crippen molar-refractivity contribution in [2.45, 2.75) is 27.2 Å². The van der Waals surface area contributed by atoms with Crippen LogP contribution in [0.25, 0.3) is 0 Å². The van der Waals surface area contributed by atoms with E-state index >= 15 is 0 Å². The van der Waals surface area contributed by atoms with Crippen molar-refractivity contribution < 1.29 is 9.47 Å². The second-order valence-corrected chi connectivity index (χ2v) is 4.92. The first kappa shape index (κ1) is 15.0. The summed E-state index contributed by atoms with van der Waals surface area (Å²) in [7, 11) is 0. The smallest absolute Gasteiger partial charge is 0.125 e. The summed E-state index contributed by atoms with van der Waals surface area (Å²) in [5, 5.41) is 0. The second kappa shape index (κ2) is 8.11. The van der Waals surface area contributed by atoms with E-state index in [4.69, 9.17) is 15.2 Å². The standard InChI is InChI=1S/C15H25NO2/c1-12(2)11-17-9-10-18-15-13(3)5-4-6-14(15)7-8-16/h4-6,12H,7-11,16H2,1-3H3. The SMILES string of the molecule is Cc1cccc(CCN)c1OCCOCC(C)C. The Balaban J connectivity index is 2.45. The van der Waals surface area contributed by atoms with Crippen LogP contribution in [-0.2, 0) is 11.2 Å². The van der Waals surface area contributed by atoms with Gasteiger partial charge in [-0.3, -0.25) is 0 Å². The van der Waals surface area contributed by atoms with Crippen molar-refractivity contribution in [3.8, 4) is 5.75 Å². The van der Waals surface area contributed by atoms with Gasteiger partial charge in [0.25, 0.3) is 0 Å². The predicted octanol–water partition coefficient (Wildman–Crippen LogP) is 2.55. The van der Waals surface area contributed by atoms with Crippen LogP contribution >= 0.6 is 0 Å². The van der Waals surface area contributed by atoms with Gasteiger partial charge in [-0.1, -0.05) is 32.0 Å². The zero-order valence-corrected chi connectivity index (χ0v) is 11.7. The Kier molecular flexibility index (Phi) is 6.76. The van der Waals surface area contributed by atoms with Crippen molar-refractivity contribution in [2.24, 2.45) is 11.7 Å². The van der Waals surface area contributed by atoms with Crippen molar-refractivity contribution >= 4 is 0 Å². The van der Waals surface area contributed by atoms with Crippen LogP contribution in [0, 0.1) is 12.8 Å². The zero-order chi connectivity index (χ0) is 13.4. The van der Waals surface area contributed by atoms with E-state index in [1.54, 1.807) is 0 Å². The molecule has 0 heterocycles. The van der Waals surface area contributed by atoms with Crippen molar-refractivity contribution in [1.29, 1.82) is 0 Å². The van der Waals surface area contributed by atoms with Gasteiger partial charge in [-0.2, -0.15) is 0 Å². The van der Waals surface area contributed by atoms with Gasteiger partial charge >= 0.3 is 0 Å². The maximum atomic E-state index is 5.82. The van der Waals surface area contributed by atoms with E-state index in [1.807, 2.05) is 6.07 Å². The third-order valence-corrected chi connectivity index (χ3v) is 2.63. The molecule has 0 spiro atoms. The second-order valence-electron chi connectivity index (χ2n) is 4.92. The molecule has 0 bridgehead atoms. The van der Waals surface area contributed by atoms with E-state index in [9.17, 15) is 0 Å². The molecule has 0 saturated heterocycles. The van der Waals surface area contributed by atoms with Crippen molar-refractivity contribution in [3.05, 3.63) is 29.3 Å². The number of rotatable bonds is 8. The Labute approximate surface area is 110 Å². The quantitative estimate of drug-likeness (QED) is 0.722. The number of para-hydroxylation sites is 1. The Morgan fingerprint density at radius 2 is 2.00 bits per heavy atom. The molecule has 0 aliphatic carbocycles. The maximum Gasteiger partial charge on any atom is 0.125 e. The van der Waals surface area contributed by atoms with Crippen LogP contribution in [-0.4, -0.2) is 26.4 Å². The van der Waals surface area contributed by atoms with E-state index < -0.39 is 0 Å². The fraction of sp³-hybridized carbons (Fsp3) is 0.600. The molecule has 3 nitrogen and oxygen atoms in total. The highest BCUT2D eigenvalue weighted by Crippen LogP contribution is 2.23. The van der Waals surface area contributed by atoms with Gasteiger partial charge in [-0.05, 0) is 36.9 Å². The fourth-order valence-electron chi connectivity index (χ4n) is 1.79. The van der Waals surface area contributed by atoms with Crippen LogP contribution in [0.4, 0.5) is 0 Å². The molecule has 2 N–H and O–H groups in total. The summed E-state index contributed by atoms with van der Waals surface area (Å²) in [5.74, 6) is 1.53. The summed E-state index contributed by atoms with van der Waals surface area (Å²) >= 11 is 0. The zero-order valence-electron chi connectivity index (χ0n) is 11.7. The first-order valence-corrected chi connectivity index (χ1v) is 6.64.